The van der Waals surface area contributed by atoms with Gasteiger partial charge in [-0.3, -0.25) is 9.59 Å². The van der Waals surface area contributed by atoms with E-state index < -0.39 is 23.9 Å². The highest BCUT2D eigenvalue weighted by molar-refractivity contribution is 6.36. The summed E-state index contributed by atoms with van der Waals surface area (Å²) >= 11 is 0. The SMILES string of the molecule is CN(CC(N)=O)C(=O)C1CC(C(=O)O)=NO1. The number of primary amides is 1. The maximum atomic E-state index is 11.6. The van der Waals surface area contributed by atoms with Gasteiger partial charge < -0.3 is 20.6 Å². The molecule has 3 N–H and O–H groups in total. The molecule has 1 aliphatic heterocycles. The van der Waals surface area contributed by atoms with Gasteiger partial charge in [0.1, 0.15) is 0 Å². The Labute approximate surface area is 90.6 Å². The molecule has 88 valence electrons. The van der Waals surface area contributed by atoms with Crippen LogP contribution in [0.15, 0.2) is 5.16 Å². The van der Waals surface area contributed by atoms with Gasteiger partial charge in [0.05, 0.1) is 6.54 Å². The first kappa shape index (κ1) is 12.0. The van der Waals surface area contributed by atoms with Crippen molar-refractivity contribution in [2.24, 2.45) is 10.9 Å². The highest BCUT2D eigenvalue weighted by atomic mass is 16.6. The molecule has 2 amide bonds. The van der Waals surface area contributed by atoms with E-state index in [2.05, 4.69) is 9.99 Å². The predicted molar refractivity (Wildman–Crippen MR) is 51.4 cm³/mol. The van der Waals surface area contributed by atoms with Crippen LogP contribution in [0.4, 0.5) is 0 Å². The number of hydrogen-bond donors (Lipinski definition) is 2. The van der Waals surface area contributed by atoms with Gasteiger partial charge in [-0.1, -0.05) is 5.16 Å². The Balaban J connectivity index is 2.53. The first-order valence-electron chi connectivity index (χ1n) is 4.41. The topological polar surface area (TPSA) is 122 Å². The third-order valence-electron chi connectivity index (χ3n) is 1.96. The molecule has 0 aromatic rings. The van der Waals surface area contributed by atoms with Gasteiger partial charge in [0.2, 0.25) is 12.0 Å². The summed E-state index contributed by atoms with van der Waals surface area (Å²) in [5.74, 6) is -2.42. The van der Waals surface area contributed by atoms with Crippen LogP contribution in [0.5, 0.6) is 0 Å². The molecular formula is C8H11N3O5. The molecule has 0 aliphatic carbocycles. The molecule has 1 heterocycles. The fourth-order valence-corrected chi connectivity index (χ4v) is 1.19. The van der Waals surface area contributed by atoms with Crippen molar-refractivity contribution in [3.63, 3.8) is 0 Å². The number of carboxylic acid groups (broad SMARTS) is 1. The van der Waals surface area contributed by atoms with Crippen LogP contribution in [-0.2, 0) is 19.2 Å². The lowest BCUT2D eigenvalue weighted by molar-refractivity contribution is -0.142. The summed E-state index contributed by atoms with van der Waals surface area (Å²) in [6.45, 7) is -0.249. The van der Waals surface area contributed by atoms with E-state index in [1.165, 1.54) is 7.05 Å². The van der Waals surface area contributed by atoms with E-state index in [9.17, 15) is 14.4 Å². The Kier molecular flexibility index (Phi) is 3.44. The van der Waals surface area contributed by atoms with Gasteiger partial charge in [0, 0.05) is 13.5 Å². The highest BCUT2D eigenvalue weighted by Crippen LogP contribution is 2.12. The molecule has 1 atom stereocenters. The van der Waals surface area contributed by atoms with E-state index in [0.29, 0.717) is 0 Å². The van der Waals surface area contributed by atoms with Gasteiger partial charge in [-0.05, 0) is 0 Å². The van der Waals surface area contributed by atoms with Gasteiger partial charge in [-0.2, -0.15) is 0 Å². The van der Waals surface area contributed by atoms with E-state index in [1.54, 1.807) is 0 Å². The van der Waals surface area contributed by atoms with Crippen molar-refractivity contribution in [3.05, 3.63) is 0 Å². The van der Waals surface area contributed by atoms with Crippen molar-refractivity contribution in [1.29, 1.82) is 0 Å². The third-order valence-corrected chi connectivity index (χ3v) is 1.96. The molecule has 0 aromatic heterocycles. The number of carbonyl (C=O) groups excluding carboxylic acids is 2. The van der Waals surface area contributed by atoms with E-state index >= 15 is 0 Å². The Morgan fingerprint density at radius 1 is 1.62 bits per heavy atom. The zero-order valence-electron chi connectivity index (χ0n) is 8.54. The highest BCUT2D eigenvalue weighted by Gasteiger charge is 2.33. The molecule has 8 nitrogen and oxygen atoms in total. The molecule has 1 rings (SSSR count). The second-order valence-corrected chi connectivity index (χ2v) is 3.30. The number of likely N-dealkylation sites (N-methyl/N-ethyl adjacent to an activating group) is 1. The lowest BCUT2D eigenvalue weighted by Gasteiger charge is -2.17. The average molecular weight is 229 g/mol. The Morgan fingerprint density at radius 2 is 2.25 bits per heavy atom. The van der Waals surface area contributed by atoms with Crippen LogP contribution in [0.1, 0.15) is 6.42 Å². The number of amides is 2. The van der Waals surface area contributed by atoms with E-state index in [0.717, 1.165) is 4.90 Å². The van der Waals surface area contributed by atoms with E-state index in [4.69, 9.17) is 10.8 Å². The Morgan fingerprint density at radius 3 is 2.69 bits per heavy atom. The van der Waals surface area contributed by atoms with Crippen molar-refractivity contribution >= 4 is 23.5 Å². The average Bonchev–Trinajstić information content (AvgIpc) is 2.64. The van der Waals surface area contributed by atoms with Gasteiger partial charge in [-0.25, -0.2) is 4.79 Å². The van der Waals surface area contributed by atoms with Crippen molar-refractivity contribution in [1.82, 2.24) is 4.90 Å². The van der Waals surface area contributed by atoms with Crippen LogP contribution in [-0.4, -0.2) is 53.2 Å². The number of rotatable bonds is 4. The molecule has 1 aliphatic rings. The maximum absolute atomic E-state index is 11.6. The minimum atomic E-state index is -1.23. The van der Waals surface area contributed by atoms with Crippen molar-refractivity contribution in [2.75, 3.05) is 13.6 Å². The molecule has 0 bridgehead atoms. The number of nitrogens with two attached hydrogens (primary N) is 1. The van der Waals surface area contributed by atoms with Crippen LogP contribution < -0.4 is 5.73 Å². The zero-order valence-corrected chi connectivity index (χ0v) is 8.54. The molecule has 0 spiro atoms. The number of nitrogens with zero attached hydrogens (tertiary/aromatic N) is 2. The second kappa shape index (κ2) is 4.60. The van der Waals surface area contributed by atoms with Crippen molar-refractivity contribution < 1.29 is 24.3 Å². The summed E-state index contributed by atoms with van der Waals surface area (Å²) in [5, 5.41) is 11.8. The normalized spacial score (nSPS) is 18.6. The standard InChI is InChI=1S/C8H11N3O5/c1-11(3-6(9)12)7(13)5-2-4(8(14)15)10-16-5/h5H,2-3H2,1H3,(H2,9,12)(H,14,15). The van der Waals surface area contributed by atoms with Gasteiger partial charge in [0.15, 0.2) is 5.71 Å². The Hall–Kier alpha value is -2.12. The number of carbonyl (C=O) groups is 3. The van der Waals surface area contributed by atoms with Crippen LogP contribution in [0, 0.1) is 0 Å². The molecule has 0 radical (unpaired) electrons. The van der Waals surface area contributed by atoms with Crippen LogP contribution in [0.2, 0.25) is 0 Å². The van der Waals surface area contributed by atoms with Gasteiger partial charge >= 0.3 is 5.97 Å². The third kappa shape index (κ3) is 2.69. The zero-order chi connectivity index (χ0) is 12.3. The Bertz CT molecular complexity index is 365. The first-order chi connectivity index (χ1) is 7.41. The summed E-state index contributed by atoms with van der Waals surface area (Å²) < 4.78 is 0. The fourth-order valence-electron chi connectivity index (χ4n) is 1.19. The van der Waals surface area contributed by atoms with Gasteiger partial charge in [0.25, 0.3) is 5.91 Å². The maximum Gasteiger partial charge on any atom is 0.353 e. The number of aliphatic carboxylic acids is 1. The van der Waals surface area contributed by atoms with Crippen LogP contribution in [0.3, 0.4) is 0 Å². The van der Waals surface area contributed by atoms with E-state index in [1.807, 2.05) is 0 Å². The molecule has 0 saturated carbocycles. The molecule has 0 aromatic carbocycles. The quantitative estimate of drug-likeness (QED) is 0.586. The minimum absolute atomic E-state index is 0.114. The molecule has 16 heavy (non-hydrogen) atoms. The first-order valence-corrected chi connectivity index (χ1v) is 4.41. The lowest BCUT2D eigenvalue weighted by atomic mass is 10.1. The second-order valence-electron chi connectivity index (χ2n) is 3.30. The summed E-state index contributed by atoms with van der Waals surface area (Å²) in [6.07, 6.45) is -1.10. The fraction of sp³-hybridized carbons (Fsp3) is 0.500. The smallest absolute Gasteiger partial charge is 0.353 e. The monoisotopic (exact) mass is 229 g/mol. The summed E-state index contributed by atoms with van der Waals surface area (Å²) in [7, 11) is 1.37. The summed E-state index contributed by atoms with van der Waals surface area (Å²) in [6, 6.07) is 0. The molecule has 8 heteroatoms. The van der Waals surface area contributed by atoms with Crippen LogP contribution in [0.25, 0.3) is 0 Å². The lowest BCUT2D eigenvalue weighted by Crippen LogP contribution is -2.41. The molecule has 0 saturated heterocycles. The van der Waals surface area contributed by atoms with Crippen LogP contribution >= 0.6 is 0 Å². The number of carboxylic acids is 1. The summed E-state index contributed by atoms with van der Waals surface area (Å²) in [5.41, 5.74) is 4.69. The molecule has 0 fully saturated rings. The number of hydrogen-bond acceptors (Lipinski definition) is 5. The van der Waals surface area contributed by atoms with Crippen molar-refractivity contribution in [3.8, 4) is 0 Å². The molecular weight excluding hydrogens is 218 g/mol. The predicted octanol–water partition coefficient (Wildman–Crippen LogP) is -1.84. The minimum Gasteiger partial charge on any atom is -0.477 e. The number of oxime groups is 1. The van der Waals surface area contributed by atoms with E-state index in [-0.39, 0.29) is 18.7 Å². The van der Waals surface area contributed by atoms with Crippen molar-refractivity contribution in [2.45, 2.75) is 12.5 Å². The summed E-state index contributed by atoms with van der Waals surface area (Å²) in [4.78, 5) is 38.4. The molecule has 1 unspecified atom stereocenters. The van der Waals surface area contributed by atoms with Gasteiger partial charge in [-0.15, -0.1) is 0 Å². The largest absolute Gasteiger partial charge is 0.477 e.